The van der Waals surface area contributed by atoms with Crippen LogP contribution in [0.2, 0.25) is 0 Å². The molecule has 18 heavy (non-hydrogen) atoms. The molecule has 2 aromatic rings. The molecule has 0 radical (unpaired) electrons. The lowest BCUT2D eigenvalue weighted by atomic mass is 9.99. The van der Waals surface area contributed by atoms with Crippen LogP contribution in [0.15, 0.2) is 39.4 Å². The highest BCUT2D eigenvalue weighted by Crippen LogP contribution is 2.24. The molecule has 0 amide bonds. The molecule has 1 aromatic carbocycles. The van der Waals surface area contributed by atoms with Crippen molar-refractivity contribution in [2.24, 2.45) is 0 Å². The fourth-order valence-electron chi connectivity index (χ4n) is 2.03. The minimum absolute atomic E-state index is 0.168. The fraction of sp³-hybridized carbons (Fsp3) is 0.286. The van der Waals surface area contributed by atoms with Crippen LogP contribution >= 0.6 is 15.9 Å². The maximum absolute atomic E-state index is 13.2. The maximum Gasteiger partial charge on any atom is 0.137 e. The predicted octanol–water partition coefficient (Wildman–Crippen LogP) is 3.99. The number of nitrogens with one attached hydrogen (secondary N) is 1. The summed E-state index contributed by atoms with van der Waals surface area (Å²) in [5.41, 5.74) is 2.21. The van der Waals surface area contributed by atoms with Gasteiger partial charge in [-0.25, -0.2) is 4.39 Å². The third-order valence-electron chi connectivity index (χ3n) is 3.05. The van der Waals surface area contributed by atoms with E-state index in [-0.39, 0.29) is 11.9 Å². The lowest BCUT2D eigenvalue weighted by molar-refractivity contribution is 0.511. The van der Waals surface area contributed by atoms with E-state index in [2.05, 4.69) is 21.2 Å². The third-order valence-corrected chi connectivity index (χ3v) is 3.65. The quantitative estimate of drug-likeness (QED) is 0.923. The normalized spacial score (nSPS) is 12.7. The van der Waals surface area contributed by atoms with E-state index >= 15 is 0 Å². The van der Waals surface area contributed by atoms with Crippen molar-refractivity contribution >= 4 is 15.9 Å². The summed E-state index contributed by atoms with van der Waals surface area (Å²) in [5.74, 6) is 0.676. The number of rotatable bonds is 4. The summed E-state index contributed by atoms with van der Waals surface area (Å²) >= 11 is 3.21. The molecule has 2 nitrogen and oxygen atoms in total. The van der Waals surface area contributed by atoms with E-state index in [1.54, 1.807) is 12.3 Å². The second kappa shape index (κ2) is 5.67. The average molecular weight is 312 g/mol. The molecule has 1 atom stereocenters. The van der Waals surface area contributed by atoms with Crippen molar-refractivity contribution in [3.05, 3.63) is 57.7 Å². The second-order valence-corrected chi connectivity index (χ2v) is 5.08. The molecule has 1 heterocycles. The van der Waals surface area contributed by atoms with Crippen molar-refractivity contribution in [2.75, 3.05) is 7.05 Å². The van der Waals surface area contributed by atoms with Gasteiger partial charge in [-0.3, -0.25) is 0 Å². The maximum atomic E-state index is 13.2. The molecular formula is C14H15BrFNO. The highest BCUT2D eigenvalue weighted by atomic mass is 79.9. The summed E-state index contributed by atoms with van der Waals surface area (Å²) in [7, 11) is 1.91. The van der Waals surface area contributed by atoms with Crippen molar-refractivity contribution in [1.82, 2.24) is 5.32 Å². The predicted molar refractivity (Wildman–Crippen MR) is 73.0 cm³/mol. The molecule has 0 saturated heterocycles. The Bertz CT molecular complexity index is 538. The Morgan fingerprint density at radius 3 is 2.72 bits per heavy atom. The molecule has 0 aliphatic rings. The first-order valence-corrected chi connectivity index (χ1v) is 6.56. The van der Waals surface area contributed by atoms with E-state index < -0.39 is 0 Å². The van der Waals surface area contributed by atoms with E-state index in [1.807, 2.05) is 26.1 Å². The Kier molecular flexibility index (Phi) is 4.19. The highest BCUT2D eigenvalue weighted by molar-refractivity contribution is 9.10. The summed E-state index contributed by atoms with van der Waals surface area (Å²) in [6.07, 6.45) is 2.48. The number of hydrogen-bond donors (Lipinski definition) is 1. The Morgan fingerprint density at radius 1 is 1.39 bits per heavy atom. The van der Waals surface area contributed by atoms with Crippen molar-refractivity contribution < 1.29 is 8.81 Å². The molecule has 2 rings (SSSR count). The van der Waals surface area contributed by atoms with Gasteiger partial charge in [-0.1, -0.05) is 6.07 Å². The first-order valence-electron chi connectivity index (χ1n) is 5.77. The van der Waals surface area contributed by atoms with Gasteiger partial charge in [0.1, 0.15) is 11.6 Å². The summed E-state index contributed by atoms with van der Waals surface area (Å²) in [5, 5.41) is 3.26. The van der Waals surface area contributed by atoms with Gasteiger partial charge in [-0.05, 0) is 60.1 Å². The number of halogens is 2. The van der Waals surface area contributed by atoms with Gasteiger partial charge in [-0.2, -0.15) is 0 Å². The summed E-state index contributed by atoms with van der Waals surface area (Å²) in [4.78, 5) is 0. The largest absolute Gasteiger partial charge is 0.469 e. The van der Waals surface area contributed by atoms with Gasteiger partial charge >= 0.3 is 0 Å². The Labute approximate surface area is 114 Å². The van der Waals surface area contributed by atoms with Crippen LogP contribution in [0.25, 0.3) is 0 Å². The molecule has 0 bridgehead atoms. The zero-order valence-corrected chi connectivity index (χ0v) is 11.9. The standard InChI is InChI=1S/C14H15BrFNO/c1-9-11(5-6-18-9)14(17-2)8-10-3-4-13(16)12(15)7-10/h3-7,14,17H,8H2,1-2H3. The van der Waals surface area contributed by atoms with E-state index in [0.717, 1.165) is 23.3 Å². The van der Waals surface area contributed by atoms with E-state index in [1.165, 1.54) is 6.07 Å². The van der Waals surface area contributed by atoms with Crippen LogP contribution in [0, 0.1) is 12.7 Å². The van der Waals surface area contributed by atoms with Gasteiger partial charge in [-0.15, -0.1) is 0 Å². The lowest BCUT2D eigenvalue weighted by Gasteiger charge is -2.16. The van der Waals surface area contributed by atoms with Gasteiger partial charge in [0.15, 0.2) is 0 Å². The fourth-order valence-corrected chi connectivity index (χ4v) is 2.45. The number of hydrogen-bond acceptors (Lipinski definition) is 2. The van der Waals surface area contributed by atoms with Crippen LogP contribution in [0.5, 0.6) is 0 Å². The third kappa shape index (κ3) is 2.82. The van der Waals surface area contributed by atoms with Crippen LogP contribution in [-0.4, -0.2) is 7.05 Å². The van der Waals surface area contributed by atoms with Gasteiger partial charge in [0.05, 0.1) is 10.7 Å². The Morgan fingerprint density at radius 2 is 2.17 bits per heavy atom. The first-order chi connectivity index (χ1) is 8.61. The van der Waals surface area contributed by atoms with Gasteiger partial charge < -0.3 is 9.73 Å². The number of benzene rings is 1. The average Bonchev–Trinajstić information content (AvgIpc) is 2.77. The molecule has 0 aliphatic heterocycles. The minimum Gasteiger partial charge on any atom is -0.469 e. The van der Waals surface area contributed by atoms with E-state index in [0.29, 0.717) is 4.47 Å². The first kappa shape index (κ1) is 13.3. The smallest absolute Gasteiger partial charge is 0.137 e. The van der Waals surface area contributed by atoms with E-state index in [9.17, 15) is 4.39 Å². The summed E-state index contributed by atoms with van der Waals surface area (Å²) in [6, 6.07) is 7.24. The second-order valence-electron chi connectivity index (χ2n) is 4.23. The molecule has 4 heteroatoms. The van der Waals surface area contributed by atoms with Crippen molar-refractivity contribution in [2.45, 2.75) is 19.4 Å². The molecular weight excluding hydrogens is 297 g/mol. The van der Waals surface area contributed by atoms with Crippen LogP contribution in [-0.2, 0) is 6.42 Å². The molecule has 1 aromatic heterocycles. The minimum atomic E-state index is -0.237. The van der Waals surface area contributed by atoms with E-state index in [4.69, 9.17) is 4.42 Å². The lowest BCUT2D eigenvalue weighted by Crippen LogP contribution is -2.19. The molecule has 0 spiro atoms. The van der Waals surface area contributed by atoms with Crippen LogP contribution in [0.1, 0.15) is 22.9 Å². The molecule has 0 aliphatic carbocycles. The molecule has 96 valence electrons. The number of furan rings is 1. The number of likely N-dealkylation sites (N-methyl/N-ethyl adjacent to an activating group) is 1. The topological polar surface area (TPSA) is 25.2 Å². The van der Waals surface area contributed by atoms with Crippen LogP contribution < -0.4 is 5.32 Å². The van der Waals surface area contributed by atoms with Crippen LogP contribution in [0.3, 0.4) is 0 Å². The zero-order valence-electron chi connectivity index (χ0n) is 10.3. The molecule has 1 N–H and O–H groups in total. The summed E-state index contributed by atoms with van der Waals surface area (Å²) in [6.45, 7) is 1.94. The van der Waals surface area contributed by atoms with Crippen molar-refractivity contribution in [3.63, 3.8) is 0 Å². The Balaban J connectivity index is 2.20. The Hall–Kier alpha value is -1.13. The monoisotopic (exact) mass is 311 g/mol. The van der Waals surface area contributed by atoms with Crippen LogP contribution in [0.4, 0.5) is 4.39 Å². The van der Waals surface area contributed by atoms with Gasteiger partial charge in [0, 0.05) is 11.6 Å². The zero-order chi connectivity index (χ0) is 13.1. The molecule has 1 unspecified atom stereocenters. The summed E-state index contributed by atoms with van der Waals surface area (Å²) < 4.78 is 19.0. The van der Waals surface area contributed by atoms with Crippen molar-refractivity contribution in [1.29, 1.82) is 0 Å². The van der Waals surface area contributed by atoms with Crippen molar-refractivity contribution in [3.8, 4) is 0 Å². The highest BCUT2D eigenvalue weighted by Gasteiger charge is 2.15. The van der Waals surface area contributed by atoms with Gasteiger partial charge in [0.25, 0.3) is 0 Å². The van der Waals surface area contributed by atoms with Gasteiger partial charge in [0.2, 0.25) is 0 Å². The molecule has 0 saturated carbocycles. The number of aryl methyl sites for hydroxylation is 1. The molecule has 0 fully saturated rings. The SMILES string of the molecule is CNC(Cc1ccc(F)c(Br)c1)c1ccoc1C.